The molecule has 0 aromatic carbocycles. The minimum absolute atomic E-state index is 0.0494. The van der Waals surface area contributed by atoms with Crippen molar-refractivity contribution in [1.82, 2.24) is 4.98 Å². The number of carbonyl (C=O) groups is 1. The largest absolute Gasteiger partial charge is 0.469 e. The van der Waals surface area contributed by atoms with Crippen LogP contribution in [0.25, 0.3) is 0 Å². The first kappa shape index (κ1) is 9.61. The Hall–Kier alpha value is -0.940. The van der Waals surface area contributed by atoms with Crippen LogP contribution in [0.2, 0.25) is 0 Å². The second-order valence-electron chi connectivity index (χ2n) is 3.66. The summed E-state index contributed by atoms with van der Waals surface area (Å²) >= 11 is 1.52. The van der Waals surface area contributed by atoms with Gasteiger partial charge in [0.15, 0.2) is 0 Å². The molecule has 0 spiro atoms. The van der Waals surface area contributed by atoms with Crippen molar-refractivity contribution in [3.63, 3.8) is 0 Å². The maximum Gasteiger partial charge on any atom is 0.308 e. The molecule has 1 aliphatic carbocycles. The number of ether oxygens (including phenoxy) is 1. The van der Waals surface area contributed by atoms with Gasteiger partial charge in [-0.3, -0.25) is 4.79 Å². The summed E-state index contributed by atoms with van der Waals surface area (Å²) in [7, 11) is 1.40. The maximum atomic E-state index is 11.2. The number of methoxy groups -OCH3 is 1. The van der Waals surface area contributed by atoms with Gasteiger partial charge in [0.2, 0.25) is 0 Å². The Morgan fingerprint density at radius 2 is 2.50 bits per heavy atom. The molecule has 4 nitrogen and oxygen atoms in total. The van der Waals surface area contributed by atoms with Gasteiger partial charge in [0.25, 0.3) is 0 Å². The molecule has 0 radical (unpaired) electrons. The van der Waals surface area contributed by atoms with Gasteiger partial charge in [0.05, 0.1) is 29.8 Å². The van der Waals surface area contributed by atoms with E-state index in [9.17, 15) is 4.79 Å². The lowest BCUT2D eigenvalue weighted by Crippen LogP contribution is -2.51. The van der Waals surface area contributed by atoms with Crippen molar-refractivity contribution in [2.45, 2.75) is 18.4 Å². The van der Waals surface area contributed by atoms with E-state index in [1.165, 1.54) is 18.4 Å². The van der Waals surface area contributed by atoms with Gasteiger partial charge in [-0.25, -0.2) is 4.98 Å². The molecule has 1 fully saturated rings. The Bertz CT molecular complexity index is 331. The molecule has 2 N–H and O–H groups in total. The maximum absolute atomic E-state index is 11.2. The molecule has 2 rings (SSSR count). The summed E-state index contributed by atoms with van der Waals surface area (Å²) in [6, 6.07) is 0. The molecule has 0 bridgehead atoms. The van der Waals surface area contributed by atoms with E-state index < -0.39 is 5.54 Å². The summed E-state index contributed by atoms with van der Waals surface area (Å²) in [5.41, 5.74) is 8.33. The molecule has 1 aliphatic rings. The van der Waals surface area contributed by atoms with Gasteiger partial charge in [-0.05, 0) is 12.8 Å². The molecule has 1 heterocycles. The van der Waals surface area contributed by atoms with Crippen LogP contribution in [0.3, 0.4) is 0 Å². The molecule has 0 unspecified atom stereocenters. The van der Waals surface area contributed by atoms with Gasteiger partial charge < -0.3 is 10.5 Å². The standard InChI is InChI=1S/C9H12N2O2S/c1-13-8(12)6-2-9(10,3-6)7-4-14-5-11-7/h4-6H,2-3,10H2,1H3. The highest BCUT2D eigenvalue weighted by Gasteiger charge is 2.47. The van der Waals surface area contributed by atoms with Crippen LogP contribution in [0, 0.1) is 5.92 Å². The predicted molar refractivity (Wildman–Crippen MR) is 52.7 cm³/mol. The van der Waals surface area contributed by atoms with Crippen LogP contribution in [0.5, 0.6) is 0 Å². The molecule has 0 amide bonds. The van der Waals surface area contributed by atoms with E-state index in [1.807, 2.05) is 5.38 Å². The van der Waals surface area contributed by atoms with Gasteiger partial charge in [0, 0.05) is 5.38 Å². The van der Waals surface area contributed by atoms with Gasteiger partial charge in [0.1, 0.15) is 0 Å². The first-order chi connectivity index (χ1) is 6.65. The summed E-state index contributed by atoms with van der Waals surface area (Å²) in [6.07, 6.45) is 1.28. The number of nitrogens with two attached hydrogens (primary N) is 1. The minimum atomic E-state index is -0.404. The van der Waals surface area contributed by atoms with Crippen LogP contribution in [-0.2, 0) is 15.1 Å². The van der Waals surface area contributed by atoms with E-state index in [4.69, 9.17) is 5.73 Å². The summed E-state index contributed by atoms with van der Waals surface area (Å²) < 4.78 is 4.65. The zero-order chi connectivity index (χ0) is 10.2. The van der Waals surface area contributed by atoms with E-state index in [1.54, 1.807) is 5.51 Å². The fraction of sp³-hybridized carbons (Fsp3) is 0.556. The van der Waals surface area contributed by atoms with Crippen molar-refractivity contribution in [3.05, 3.63) is 16.6 Å². The highest BCUT2D eigenvalue weighted by atomic mass is 32.1. The topological polar surface area (TPSA) is 65.2 Å². The van der Waals surface area contributed by atoms with Crippen molar-refractivity contribution >= 4 is 17.3 Å². The van der Waals surface area contributed by atoms with E-state index >= 15 is 0 Å². The second kappa shape index (κ2) is 3.33. The Morgan fingerprint density at radius 3 is 3.00 bits per heavy atom. The Morgan fingerprint density at radius 1 is 1.79 bits per heavy atom. The predicted octanol–water partition coefficient (Wildman–Crippen LogP) is 0.880. The normalized spacial score (nSPS) is 30.9. The van der Waals surface area contributed by atoms with Crippen molar-refractivity contribution in [2.24, 2.45) is 11.7 Å². The van der Waals surface area contributed by atoms with E-state index in [-0.39, 0.29) is 11.9 Å². The van der Waals surface area contributed by atoms with Crippen LogP contribution < -0.4 is 5.73 Å². The summed E-state index contributed by atoms with van der Waals surface area (Å²) in [6.45, 7) is 0. The molecule has 0 atom stereocenters. The molecule has 76 valence electrons. The molecule has 0 aliphatic heterocycles. The quantitative estimate of drug-likeness (QED) is 0.739. The monoisotopic (exact) mass is 212 g/mol. The zero-order valence-electron chi connectivity index (χ0n) is 7.90. The summed E-state index contributed by atoms with van der Waals surface area (Å²) in [5, 5.41) is 1.94. The number of aromatic nitrogens is 1. The molecular formula is C9H12N2O2S. The smallest absolute Gasteiger partial charge is 0.308 e. The lowest BCUT2D eigenvalue weighted by Gasteiger charge is -2.42. The highest BCUT2D eigenvalue weighted by Crippen LogP contribution is 2.43. The first-order valence-corrected chi connectivity index (χ1v) is 5.35. The lowest BCUT2D eigenvalue weighted by molar-refractivity contribution is -0.151. The van der Waals surface area contributed by atoms with Crippen molar-refractivity contribution < 1.29 is 9.53 Å². The van der Waals surface area contributed by atoms with E-state index in [2.05, 4.69) is 9.72 Å². The molecule has 1 saturated carbocycles. The van der Waals surface area contributed by atoms with Gasteiger partial charge in [-0.15, -0.1) is 11.3 Å². The van der Waals surface area contributed by atoms with Crippen LogP contribution >= 0.6 is 11.3 Å². The number of rotatable bonds is 2. The lowest BCUT2D eigenvalue weighted by atomic mass is 9.67. The van der Waals surface area contributed by atoms with Gasteiger partial charge in [-0.1, -0.05) is 0 Å². The third-order valence-electron chi connectivity index (χ3n) is 2.70. The first-order valence-electron chi connectivity index (χ1n) is 4.41. The minimum Gasteiger partial charge on any atom is -0.469 e. The highest BCUT2D eigenvalue weighted by molar-refractivity contribution is 7.07. The Balaban J connectivity index is 2.02. The van der Waals surface area contributed by atoms with Gasteiger partial charge in [-0.2, -0.15) is 0 Å². The van der Waals surface area contributed by atoms with Crippen LogP contribution in [0.1, 0.15) is 18.5 Å². The number of carbonyl (C=O) groups excluding carboxylic acids is 1. The summed E-state index contributed by atoms with van der Waals surface area (Å²) in [5.74, 6) is -0.215. The zero-order valence-corrected chi connectivity index (χ0v) is 8.71. The Labute approximate surface area is 86.1 Å². The average molecular weight is 212 g/mol. The van der Waals surface area contributed by atoms with Crippen molar-refractivity contribution in [1.29, 1.82) is 0 Å². The molecular weight excluding hydrogens is 200 g/mol. The number of nitrogens with zero attached hydrogens (tertiary/aromatic N) is 1. The van der Waals surface area contributed by atoms with E-state index in [0.717, 1.165) is 5.69 Å². The van der Waals surface area contributed by atoms with Gasteiger partial charge >= 0.3 is 5.97 Å². The van der Waals surface area contributed by atoms with Crippen molar-refractivity contribution in [3.8, 4) is 0 Å². The molecule has 5 heteroatoms. The van der Waals surface area contributed by atoms with Crippen LogP contribution in [0.15, 0.2) is 10.9 Å². The van der Waals surface area contributed by atoms with Crippen LogP contribution in [0.4, 0.5) is 0 Å². The third-order valence-corrected chi connectivity index (χ3v) is 3.28. The molecule has 14 heavy (non-hydrogen) atoms. The Kier molecular flexibility index (Phi) is 2.28. The number of hydrogen-bond donors (Lipinski definition) is 1. The molecule has 1 aromatic rings. The third kappa shape index (κ3) is 1.42. The number of hydrogen-bond acceptors (Lipinski definition) is 5. The van der Waals surface area contributed by atoms with Crippen molar-refractivity contribution in [2.75, 3.05) is 7.11 Å². The average Bonchev–Trinajstić information content (AvgIpc) is 2.64. The number of thiazole rings is 1. The fourth-order valence-electron chi connectivity index (χ4n) is 1.82. The SMILES string of the molecule is COC(=O)C1CC(N)(c2cscn2)C1. The number of esters is 1. The molecule has 1 aromatic heterocycles. The van der Waals surface area contributed by atoms with Crippen LogP contribution in [-0.4, -0.2) is 18.1 Å². The second-order valence-corrected chi connectivity index (χ2v) is 4.38. The van der Waals surface area contributed by atoms with E-state index in [0.29, 0.717) is 12.8 Å². The summed E-state index contributed by atoms with van der Waals surface area (Å²) in [4.78, 5) is 15.3. The molecule has 0 saturated heterocycles. The fourth-order valence-corrected chi connectivity index (χ4v) is 2.48.